The van der Waals surface area contributed by atoms with E-state index in [4.69, 9.17) is 14.1 Å². The van der Waals surface area contributed by atoms with E-state index in [2.05, 4.69) is 14.8 Å². The van der Waals surface area contributed by atoms with Crippen LogP contribution in [0.5, 0.6) is 5.75 Å². The molecule has 3 heterocycles. The molecular formula is C23H21N5O5. The summed E-state index contributed by atoms with van der Waals surface area (Å²) >= 11 is 0. The van der Waals surface area contributed by atoms with Gasteiger partial charge in [-0.2, -0.15) is 0 Å². The molecule has 1 amide bonds. The van der Waals surface area contributed by atoms with Crippen LogP contribution < -0.4 is 10.1 Å². The van der Waals surface area contributed by atoms with E-state index in [9.17, 15) is 14.9 Å². The Kier molecular flexibility index (Phi) is 5.49. The van der Waals surface area contributed by atoms with Crippen molar-refractivity contribution < 1.29 is 18.9 Å². The zero-order valence-electron chi connectivity index (χ0n) is 17.6. The summed E-state index contributed by atoms with van der Waals surface area (Å²) in [5, 5.41) is 13.5. The lowest BCUT2D eigenvalue weighted by Crippen LogP contribution is -2.33. The molecule has 33 heavy (non-hydrogen) atoms. The maximum absolute atomic E-state index is 12.3. The third kappa shape index (κ3) is 4.55. The SMILES string of the molecule is O=C(COc1ccc([N+](=O)[O-])cc1)Nc1ccc2c(c1)nc1n2CCN(Cc2ccco2)C1. The van der Waals surface area contributed by atoms with Gasteiger partial charge in [0.1, 0.15) is 17.3 Å². The molecule has 0 radical (unpaired) electrons. The minimum Gasteiger partial charge on any atom is -0.484 e. The molecule has 168 valence electrons. The van der Waals surface area contributed by atoms with E-state index < -0.39 is 4.92 Å². The van der Waals surface area contributed by atoms with Crippen molar-refractivity contribution in [1.82, 2.24) is 14.5 Å². The number of rotatable bonds is 7. The molecule has 0 spiro atoms. The lowest BCUT2D eigenvalue weighted by Gasteiger charge is -2.26. The second kappa shape index (κ2) is 8.75. The third-order valence-corrected chi connectivity index (χ3v) is 5.49. The van der Waals surface area contributed by atoms with Gasteiger partial charge in [0.15, 0.2) is 6.61 Å². The number of nitro groups is 1. The number of nitro benzene ring substituents is 1. The fourth-order valence-corrected chi connectivity index (χ4v) is 3.92. The molecule has 5 rings (SSSR count). The van der Waals surface area contributed by atoms with Gasteiger partial charge < -0.3 is 19.0 Å². The quantitative estimate of drug-likeness (QED) is 0.340. The van der Waals surface area contributed by atoms with Gasteiger partial charge in [-0.1, -0.05) is 0 Å². The van der Waals surface area contributed by atoms with E-state index in [1.807, 2.05) is 30.3 Å². The summed E-state index contributed by atoms with van der Waals surface area (Å²) in [7, 11) is 0. The highest BCUT2D eigenvalue weighted by Crippen LogP contribution is 2.25. The minimum atomic E-state index is -0.489. The van der Waals surface area contributed by atoms with E-state index >= 15 is 0 Å². The zero-order chi connectivity index (χ0) is 22.8. The van der Waals surface area contributed by atoms with Crippen molar-refractivity contribution in [1.29, 1.82) is 0 Å². The summed E-state index contributed by atoms with van der Waals surface area (Å²) in [6.07, 6.45) is 1.68. The van der Waals surface area contributed by atoms with Gasteiger partial charge in [-0.05, 0) is 42.5 Å². The molecule has 0 unspecified atom stereocenters. The number of imidazole rings is 1. The first-order chi connectivity index (χ1) is 16.0. The molecule has 1 aliphatic rings. The second-order valence-electron chi connectivity index (χ2n) is 7.76. The zero-order valence-corrected chi connectivity index (χ0v) is 17.6. The Hall–Kier alpha value is -4.18. The highest BCUT2D eigenvalue weighted by Gasteiger charge is 2.21. The molecule has 10 nitrogen and oxygen atoms in total. The molecule has 0 aliphatic carbocycles. The number of aromatic nitrogens is 2. The van der Waals surface area contributed by atoms with Gasteiger partial charge in [-0.15, -0.1) is 0 Å². The molecule has 1 N–H and O–H groups in total. The van der Waals surface area contributed by atoms with Crippen LogP contribution in [0.25, 0.3) is 11.0 Å². The van der Waals surface area contributed by atoms with Gasteiger partial charge in [0.2, 0.25) is 0 Å². The maximum Gasteiger partial charge on any atom is 0.269 e. The average molecular weight is 447 g/mol. The Bertz CT molecular complexity index is 1300. The summed E-state index contributed by atoms with van der Waals surface area (Å²) in [5.74, 6) is 1.96. The molecule has 2 aromatic heterocycles. The van der Waals surface area contributed by atoms with Crippen LogP contribution in [-0.2, 0) is 24.4 Å². The Balaban J connectivity index is 1.21. The molecule has 0 fully saturated rings. The number of carbonyl (C=O) groups excluding carboxylic acids is 1. The van der Waals surface area contributed by atoms with Crippen LogP contribution in [0.1, 0.15) is 11.6 Å². The summed E-state index contributed by atoms with van der Waals surface area (Å²) in [6.45, 7) is 2.99. The van der Waals surface area contributed by atoms with Crippen molar-refractivity contribution in [3.05, 3.63) is 82.6 Å². The van der Waals surface area contributed by atoms with Crippen molar-refractivity contribution in [2.75, 3.05) is 18.5 Å². The third-order valence-electron chi connectivity index (χ3n) is 5.49. The molecular weight excluding hydrogens is 426 g/mol. The Morgan fingerprint density at radius 1 is 1.18 bits per heavy atom. The van der Waals surface area contributed by atoms with Crippen LogP contribution >= 0.6 is 0 Å². The van der Waals surface area contributed by atoms with E-state index in [1.165, 1.54) is 24.3 Å². The Morgan fingerprint density at radius 3 is 2.79 bits per heavy atom. The number of nitrogens with zero attached hydrogens (tertiary/aromatic N) is 4. The van der Waals surface area contributed by atoms with Crippen LogP contribution in [0.15, 0.2) is 65.3 Å². The van der Waals surface area contributed by atoms with Crippen LogP contribution in [-0.4, -0.2) is 38.4 Å². The van der Waals surface area contributed by atoms with E-state index in [1.54, 1.807) is 6.26 Å². The summed E-state index contributed by atoms with van der Waals surface area (Å²) < 4.78 is 13.1. The molecule has 1 aliphatic heterocycles. The Morgan fingerprint density at radius 2 is 2.03 bits per heavy atom. The first kappa shape index (κ1) is 20.7. The number of nitrogens with one attached hydrogen (secondary N) is 1. The molecule has 0 bridgehead atoms. The molecule has 2 aromatic carbocycles. The summed E-state index contributed by atoms with van der Waals surface area (Å²) in [6, 6.07) is 15.1. The number of ether oxygens (including phenoxy) is 1. The van der Waals surface area contributed by atoms with Crippen LogP contribution in [0.4, 0.5) is 11.4 Å². The number of hydrogen-bond acceptors (Lipinski definition) is 7. The topological polar surface area (TPSA) is 116 Å². The molecule has 4 aromatic rings. The van der Waals surface area contributed by atoms with Gasteiger partial charge in [0.25, 0.3) is 11.6 Å². The smallest absolute Gasteiger partial charge is 0.269 e. The Labute approximate surface area is 188 Å². The van der Waals surface area contributed by atoms with Crippen molar-refractivity contribution in [3.8, 4) is 5.75 Å². The standard InChI is InChI=1S/C23H21N5O5/c29-23(15-33-18-6-4-17(5-7-18)28(30)31)24-16-3-8-21-20(12-16)25-22-14-26(9-10-27(21)22)13-19-2-1-11-32-19/h1-8,11-12H,9-10,13-15H2,(H,24,29). The summed E-state index contributed by atoms with van der Waals surface area (Å²) in [5.41, 5.74) is 2.44. The van der Waals surface area contributed by atoms with Crippen molar-refractivity contribution >= 4 is 28.3 Å². The number of furan rings is 1. The number of benzene rings is 2. The van der Waals surface area contributed by atoms with Crippen LogP contribution in [0.3, 0.4) is 0 Å². The summed E-state index contributed by atoms with van der Waals surface area (Å²) in [4.78, 5) is 29.6. The number of fused-ring (bicyclic) bond motifs is 3. The van der Waals surface area contributed by atoms with E-state index in [-0.39, 0.29) is 18.2 Å². The first-order valence-corrected chi connectivity index (χ1v) is 10.5. The first-order valence-electron chi connectivity index (χ1n) is 10.5. The largest absolute Gasteiger partial charge is 0.484 e. The van der Waals surface area contributed by atoms with Gasteiger partial charge in [0, 0.05) is 30.9 Å². The van der Waals surface area contributed by atoms with Crippen molar-refractivity contribution in [2.24, 2.45) is 0 Å². The highest BCUT2D eigenvalue weighted by molar-refractivity contribution is 5.94. The normalized spacial score (nSPS) is 13.6. The predicted molar refractivity (Wildman–Crippen MR) is 120 cm³/mol. The monoisotopic (exact) mass is 447 g/mol. The van der Waals surface area contributed by atoms with Gasteiger partial charge in [-0.25, -0.2) is 4.98 Å². The lowest BCUT2D eigenvalue weighted by atomic mass is 10.2. The average Bonchev–Trinajstić information content (AvgIpc) is 3.44. The predicted octanol–water partition coefficient (Wildman–Crippen LogP) is 3.57. The van der Waals surface area contributed by atoms with E-state index in [0.29, 0.717) is 11.4 Å². The number of carbonyl (C=O) groups is 1. The number of amides is 1. The molecule has 0 saturated heterocycles. The molecule has 0 atom stereocenters. The molecule has 10 heteroatoms. The number of anilines is 1. The van der Waals surface area contributed by atoms with E-state index in [0.717, 1.165) is 48.8 Å². The van der Waals surface area contributed by atoms with Gasteiger partial charge in [-0.3, -0.25) is 19.8 Å². The van der Waals surface area contributed by atoms with Crippen molar-refractivity contribution in [2.45, 2.75) is 19.6 Å². The fraction of sp³-hybridized carbons (Fsp3) is 0.217. The lowest BCUT2D eigenvalue weighted by molar-refractivity contribution is -0.384. The van der Waals surface area contributed by atoms with Crippen LogP contribution in [0.2, 0.25) is 0 Å². The highest BCUT2D eigenvalue weighted by atomic mass is 16.6. The minimum absolute atomic E-state index is 0.0352. The van der Waals surface area contributed by atoms with Crippen molar-refractivity contribution in [3.63, 3.8) is 0 Å². The second-order valence-corrected chi connectivity index (χ2v) is 7.76. The maximum atomic E-state index is 12.3. The molecule has 0 saturated carbocycles. The fourth-order valence-electron chi connectivity index (χ4n) is 3.92. The van der Waals surface area contributed by atoms with Gasteiger partial charge in [0.05, 0.1) is 35.3 Å². The van der Waals surface area contributed by atoms with Crippen LogP contribution in [0, 0.1) is 10.1 Å². The number of hydrogen-bond donors (Lipinski definition) is 1. The number of non-ortho nitro benzene ring substituents is 1. The van der Waals surface area contributed by atoms with Gasteiger partial charge >= 0.3 is 0 Å².